The van der Waals surface area contributed by atoms with Crippen LogP contribution in [-0.4, -0.2) is 9.97 Å². The van der Waals surface area contributed by atoms with Gasteiger partial charge in [-0.05, 0) is 138 Å². The number of fused-ring (bicyclic) bond motifs is 3. The SMILES string of the molecule is CC1=CC=CCC1.Cc1ccccc1-c1cc(N(c2ccccc2)c2ccc(-c3nc4c(-c5cccc6ccccc56)ccc(-c5cccc6c5C=CCC6)c4nc3-c3ccccc3)cc2)ccc1C. The summed E-state index contributed by atoms with van der Waals surface area (Å²) in [7, 11) is 0. The summed E-state index contributed by atoms with van der Waals surface area (Å²) >= 11 is 0. The Kier molecular flexibility index (Phi) is 12.4. The number of hydrogen-bond acceptors (Lipinski definition) is 3. The molecule has 0 aliphatic heterocycles. The van der Waals surface area contributed by atoms with Gasteiger partial charge in [0.15, 0.2) is 0 Å². The molecule has 0 spiro atoms. The molecule has 2 aliphatic rings. The van der Waals surface area contributed by atoms with Crippen LogP contribution in [0.5, 0.6) is 0 Å². The Bertz CT molecular complexity index is 3610. The lowest BCUT2D eigenvalue weighted by Crippen LogP contribution is -2.10. The molecule has 1 heterocycles. The Labute approximate surface area is 412 Å². The fraction of sp³-hybridized carbons (Fsp3) is 0.104. The molecule has 10 aromatic rings. The third-order valence-electron chi connectivity index (χ3n) is 13.9. The number of rotatable bonds is 8. The summed E-state index contributed by atoms with van der Waals surface area (Å²) in [6, 6.07) is 71.9. The zero-order valence-electron chi connectivity index (χ0n) is 40.1. The molecule has 0 saturated heterocycles. The Morgan fingerprint density at radius 1 is 0.414 bits per heavy atom. The number of nitrogens with zero attached hydrogens (tertiary/aromatic N) is 3. The molecule has 70 heavy (non-hydrogen) atoms. The highest BCUT2D eigenvalue weighted by Gasteiger charge is 2.23. The maximum atomic E-state index is 5.76. The van der Waals surface area contributed by atoms with Crippen molar-refractivity contribution >= 4 is 44.9 Å². The zero-order chi connectivity index (χ0) is 47.4. The number of para-hydroxylation sites is 1. The third-order valence-corrected chi connectivity index (χ3v) is 13.9. The Balaban J connectivity index is 0.000000703. The highest BCUT2D eigenvalue weighted by molar-refractivity contribution is 6.08. The predicted octanol–water partition coefficient (Wildman–Crippen LogP) is 18.4. The van der Waals surface area contributed by atoms with Gasteiger partial charge in [0.25, 0.3) is 0 Å². The molecule has 3 heteroatoms. The van der Waals surface area contributed by atoms with E-state index in [1.807, 2.05) is 0 Å². The highest BCUT2D eigenvalue weighted by atomic mass is 15.1. The number of allylic oxidation sites excluding steroid dienone is 5. The first-order valence-corrected chi connectivity index (χ1v) is 24.6. The van der Waals surface area contributed by atoms with E-state index >= 15 is 0 Å². The van der Waals surface area contributed by atoms with Crippen molar-refractivity contribution in [3.05, 3.63) is 252 Å². The van der Waals surface area contributed by atoms with E-state index in [1.54, 1.807) is 0 Å². The number of aryl methyl sites for hydroxylation is 3. The van der Waals surface area contributed by atoms with Crippen LogP contribution in [0.3, 0.4) is 0 Å². The lowest BCUT2D eigenvalue weighted by Gasteiger charge is -2.27. The highest BCUT2D eigenvalue weighted by Crippen LogP contribution is 2.44. The minimum atomic E-state index is 0.845. The van der Waals surface area contributed by atoms with Gasteiger partial charge < -0.3 is 4.90 Å². The van der Waals surface area contributed by atoms with E-state index in [0.717, 1.165) is 80.1 Å². The topological polar surface area (TPSA) is 29.0 Å². The number of aromatic nitrogens is 2. The van der Waals surface area contributed by atoms with Crippen molar-refractivity contribution in [3.63, 3.8) is 0 Å². The van der Waals surface area contributed by atoms with Crippen LogP contribution in [0, 0.1) is 13.8 Å². The third kappa shape index (κ3) is 8.79. The van der Waals surface area contributed by atoms with E-state index in [0.29, 0.717) is 0 Å². The van der Waals surface area contributed by atoms with E-state index in [2.05, 4.69) is 256 Å². The van der Waals surface area contributed by atoms with Crippen molar-refractivity contribution in [2.24, 2.45) is 0 Å². The fourth-order valence-electron chi connectivity index (χ4n) is 10.2. The molecule has 3 nitrogen and oxygen atoms in total. The van der Waals surface area contributed by atoms with Gasteiger partial charge >= 0.3 is 0 Å². The summed E-state index contributed by atoms with van der Waals surface area (Å²) in [5.74, 6) is 0. The molecule has 12 rings (SSSR count). The summed E-state index contributed by atoms with van der Waals surface area (Å²) < 4.78 is 0. The van der Waals surface area contributed by atoms with Gasteiger partial charge in [0.05, 0.1) is 22.4 Å². The standard InChI is InChI=1S/C60H45N3.C7H10/c1-40-17-9-12-26-49(40)56-39-48(34-31-41(56)2)63(46-24-7-4-8-25-46)47-35-32-45(33-36-47)58-57(44-20-5-3-6-21-44)61-59-54(52-29-15-22-42-18-10-13-27-50(42)52)37-38-55(60(59)62-58)53-30-16-23-43-19-11-14-28-51(43)53;1-7-5-3-2-4-6-7/h3-9,11-17,19-39H,10,18H2,1-2H3;2-3,5H,4,6H2,1H3. The number of benzene rings is 9. The van der Waals surface area contributed by atoms with Crippen LogP contribution in [0.1, 0.15) is 48.4 Å². The summed E-state index contributed by atoms with van der Waals surface area (Å²) in [6.07, 6.45) is 15.7. The monoisotopic (exact) mass is 901 g/mol. The summed E-state index contributed by atoms with van der Waals surface area (Å²) in [5, 5.41) is 2.39. The largest absolute Gasteiger partial charge is 0.310 e. The van der Waals surface area contributed by atoms with Crippen LogP contribution in [-0.2, 0) is 6.42 Å². The summed E-state index contributed by atoms with van der Waals surface area (Å²) in [4.78, 5) is 13.8. The van der Waals surface area contributed by atoms with Crippen molar-refractivity contribution in [2.75, 3.05) is 4.90 Å². The molecule has 0 N–H and O–H groups in total. The molecule has 1 aromatic heterocycles. The fourth-order valence-corrected chi connectivity index (χ4v) is 10.2. The first kappa shape index (κ1) is 44.1. The zero-order valence-corrected chi connectivity index (χ0v) is 40.1. The molecule has 2 aliphatic carbocycles. The van der Waals surface area contributed by atoms with Crippen molar-refractivity contribution in [2.45, 2.75) is 46.5 Å². The van der Waals surface area contributed by atoms with Gasteiger partial charge in [-0.1, -0.05) is 200 Å². The summed E-state index contributed by atoms with van der Waals surface area (Å²) in [6.45, 7) is 6.55. The molecule has 0 saturated carbocycles. The first-order chi connectivity index (χ1) is 34.5. The van der Waals surface area contributed by atoms with Crippen molar-refractivity contribution < 1.29 is 0 Å². The van der Waals surface area contributed by atoms with Gasteiger partial charge in [-0.15, -0.1) is 0 Å². The normalized spacial score (nSPS) is 12.8. The van der Waals surface area contributed by atoms with Gasteiger partial charge in [0, 0.05) is 39.3 Å². The second kappa shape index (κ2) is 19.7. The van der Waals surface area contributed by atoms with Crippen LogP contribution >= 0.6 is 0 Å². The maximum Gasteiger partial charge on any atom is 0.0979 e. The molecular weight excluding hydrogens is 847 g/mol. The van der Waals surface area contributed by atoms with Crippen LogP contribution in [0.2, 0.25) is 0 Å². The first-order valence-electron chi connectivity index (χ1n) is 24.6. The summed E-state index contributed by atoms with van der Waals surface area (Å²) in [5.41, 5.74) is 22.4. The second-order valence-corrected chi connectivity index (χ2v) is 18.5. The number of anilines is 3. The smallest absolute Gasteiger partial charge is 0.0979 e. The van der Waals surface area contributed by atoms with Crippen molar-refractivity contribution in [1.29, 1.82) is 0 Å². The average molecular weight is 902 g/mol. The van der Waals surface area contributed by atoms with Crippen LogP contribution in [0.25, 0.3) is 83.8 Å². The lowest BCUT2D eigenvalue weighted by molar-refractivity contribution is 0.962. The van der Waals surface area contributed by atoms with Gasteiger partial charge in [-0.25, -0.2) is 9.97 Å². The molecule has 0 radical (unpaired) electrons. The molecule has 0 amide bonds. The molecule has 0 atom stereocenters. The van der Waals surface area contributed by atoms with E-state index < -0.39 is 0 Å². The molecule has 0 fully saturated rings. The van der Waals surface area contributed by atoms with Crippen LogP contribution in [0.15, 0.2) is 230 Å². The minimum absolute atomic E-state index is 0.845. The number of hydrogen-bond donors (Lipinski definition) is 0. The van der Waals surface area contributed by atoms with Gasteiger partial charge in [-0.2, -0.15) is 0 Å². The molecule has 338 valence electrons. The van der Waals surface area contributed by atoms with Crippen LogP contribution < -0.4 is 4.90 Å². The van der Waals surface area contributed by atoms with E-state index in [-0.39, 0.29) is 0 Å². The predicted molar refractivity (Wildman–Crippen MR) is 298 cm³/mol. The lowest BCUT2D eigenvalue weighted by atomic mass is 9.88. The van der Waals surface area contributed by atoms with Crippen molar-refractivity contribution in [3.8, 4) is 55.9 Å². The van der Waals surface area contributed by atoms with Crippen LogP contribution in [0.4, 0.5) is 17.1 Å². The minimum Gasteiger partial charge on any atom is -0.310 e. The van der Waals surface area contributed by atoms with Gasteiger partial charge in [0.2, 0.25) is 0 Å². The Morgan fingerprint density at radius 3 is 1.73 bits per heavy atom. The molecule has 0 unspecified atom stereocenters. The Hall–Kier alpha value is -8.40. The molecule has 9 aromatic carbocycles. The van der Waals surface area contributed by atoms with Gasteiger partial charge in [-0.3, -0.25) is 0 Å². The van der Waals surface area contributed by atoms with E-state index in [9.17, 15) is 0 Å². The van der Waals surface area contributed by atoms with Gasteiger partial charge in [0.1, 0.15) is 0 Å². The maximum absolute atomic E-state index is 5.76. The quantitative estimate of drug-likeness (QED) is 0.152. The Morgan fingerprint density at radius 2 is 1.00 bits per heavy atom. The second-order valence-electron chi connectivity index (χ2n) is 18.5. The van der Waals surface area contributed by atoms with Crippen molar-refractivity contribution in [1.82, 2.24) is 9.97 Å². The average Bonchev–Trinajstić information content (AvgIpc) is 3.42. The van der Waals surface area contributed by atoms with E-state index in [1.165, 1.54) is 68.1 Å². The molecule has 0 bridgehead atoms. The van der Waals surface area contributed by atoms with E-state index in [4.69, 9.17) is 9.97 Å². The molecular formula is C67H55N3.